The predicted octanol–water partition coefficient (Wildman–Crippen LogP) is 14.3. The summed E-state index contributed by atoms with van der Waals surface area (Å²) in [5.74, 6) is 0.710. The van der Waals surface area contributed by atoms with E-state index in [0.717, 1.165) is 39.2 Å². The Balaban J connectivity index is 1.07. The molecule has 0 radical (unpaired) electrons. The zero-order valence-corrected chi connectivity index (χ0v) is 32.3. The Morgan fingerprint density at radius 2 is 0.930 bits per heavy atom. The molecular formula is C53H32N2S2. The lowest BCUT2D eigenvalue weighted by Crippen LogP contribution is -2.32. The first-order chi connectivity index (χ1) is 28.2. The zero-order valence-electron chi connectivity index (χ0n) is 30.7. The number of rotatable bonds is 4. The van der Waals surface area contributed by atoms with Gasteiger partial charge in [0.15, 0.2) is 5.82 Å². The molecule has 12 rings (SSSR count). The average Bonchev–Trinajstić information content (AvgIpc) is 3.80. The SMILES string of the molecule is c1ccc(-c2cc(-c3ccc4c(c3)sc3ccccc34)nc(-c3ccccc3-c3ccc4c(c3)C3(c5ccccc5S4)c4ccccc4-c4ccccc43)n2)cc1. The summed E-state index contributed by atoms with van der Waals surface area (Å²) in [6.45, 7) is 0. The van der Waals surface area contributed by atoms with E-state index in [1.807, 2.05) is 23.1 Å². The maximum atomic E-state index is 5.38. The first-order valence-corrected chi connectivity index (χ1v) is 20.9. The van der Waals surface area contributed by atoms with Crippen LogP contribution in [0.4, 0.5) is 0 Å². The molecule has 2 aliphatic rings. The van der Waals surface area contributed by atoms with E-state index in [0.29, 0.717) is 5.82 Å². The van der Waals surface area contributed by atoms with Crippen LogP contribution in [0.25, 0.3) is 76.3 Å². The summed E-state index contributed by atoms with van der Waals surface area (Å²) in [6, 6.07) is 70.7. The minimum Gasteiger partial charge on any atom is -0.228 e. The van der Waals surface area contributed by atoms with E-state index < -0.39 is 5.41 Å². The lowest BCUT2D eigenvalue weighted by Gasteiger charge is -2.40. The summed E-state index contributed by atoms with van der Waals surface area (Å²) < 4.78 is 2.55. The van der Waals surface area contributed by atoms with E-state index >= 15 is 0 Å². The molecule has 10 aromatic rings. The Labute approximate surface area is 339 Å². The second-order valence-electron chi connectivity index (χ2n) is 14.8. The molecule has 0 atom stereocenters. The predicted molar refractivity (Wildman–Crippen MR) is 238 cm³/mol. The van der Waals surface area contributed by atoms with Crippen molar-refractivity contribution in [1.82, 2.24) is 9.97 Å². The van der Waals surface area contributed by atoms with E-state index in [9.17, 15) is 0 Å². The van der Waals surface area contributed by atoms with E-state index in [4.69, 9.17) is 9.97 Å². The van der Waals surface area contributed by atoms with Crippen molar-refractivity contribution in [1.29, 1.82) is 0 Å². The van der Waals surface area contributed by atoms with Gasteiger partial charge in [-0.25, -0.2) is 9.97 Å². The molecule has 4 heteroatoms. The summed E-state index contributed by atoms with van der Waals surface area (Å²) >= 11 is 3.71. The maximum Gasteiger partial charge on any atom is 0.161 e. The van der Waals surface area contributed by atoms with Crippen molar-refractivity contribution in [2.24, 2.45) is 0 Å². The van der Waals surface area contributed by atoms with Crippen LogP contribution < -0.4 is 0 Å². The van der Waals surface area contributed by atoms with Gasteiger partial charge in [0.2, 0.25) is 0 Å². The van der Waals surface area contributed by atoms with Crippen LogP contribution in [0.2, 0.25) is 0 Å². The van der Waals surface area contributed by atoms with Gasteiger partial charge in [-0.15, -0.1) is 11.3 Å². The lowest BCUT2D eigenvalue weighted by molar-refractivity contribution is 0.723. The summed E-state index contributed by atoms with van der Waals surface area (Å²) in [7, 11) is 0. The van der Waals surface area contributed by atoms with Crippen LogP contribution in [0.15, 0.2) is 204 Å². The Morgan fingerprint density at radius 3 is 1.72 bits per heavy atom. The molecule has 0 saturated heterocycles. The molecule has 0 amide bonds. The molecule has 1 aliphatic heterocycles. The first-order valence-electron chi connectivity index (χ1n) is 19.3. The second kappa shape index (κ2) is 12.7. The molecule has 0 bridgehead atoms. The highest BCUT2D eigenvalue weighted by molar-refractivity contribution is 7.99. The molecule has 266 valence electrons. The van der Waals surface area contributed by atoms with Gasteiger partial charge in [0, 0.05) is 46.7 Å². The standard InChI is InChI=1S/C53H32N2S2/c1-2-14-33(15-3-1)46-32-47(35-26-28-40-39-19-8-12-24-48(39)56-51(40)31-35)55-52(54-46)41-20-5-4-16-36(41)34-27-29-50-45(30-34)53(44-23-11-13-25-49(44)57-50)42-21-9-6-17-37(42)38-18-7-10-22-43(38)53/h1-32H. The third kappa shape index (κ3) is 4.91. The van der Waals surface area contributed by atoms with Crippen LogP contribution >= 0.6 is 23.1 Å². The summed E-state index contributed by atoms with van der Waals surface area (Å²) in [6.07, 6.45) is 0. The monoisotopic (exact) mass is 760 g/mol. The van der Waals surface area contributed by atoms with Gasteiger partial charge in [-0.3, -0.25) is 0 Å². The van der Waals surface area contributed by atoms with Crippen LogP contribution in [0.3, 0.4) is 0 Å². The smallest absolute Gasteiger partial charge is 0.161 e. The highest BCUT2D eigenvalue weighted by atomic mass is 32.2. The number of thiophene rings is 1. The molecule has 57 heavy (non-hydrogen) atoms. The Bertz CT molecular complexity index is 3190. The average molecular weight is 761 g/mol. The highest BCUT2D eigenvalue weighted by Crippen LogP contribution is 2.62. The number of benzene rings is 8. The second-order valence-corrected chi connectivity index (χ2v) is 17.0. The van der Waals surface area contributed by atoms with E-state index in [1.54, 1.807) is 0 Å². The third-order valence-electron chi connectivity index (χ3n) is 11.8. The number of nitrogens with zero attached hydrogens (tertiary/aromatic N) is 2. The molecule has 2 nitrogen and oxygen atoms in total. The van der Waals surface area contributed by atoms with E-state index in [-0.39, 0.29) is 0 Å². The van der Waals surface area contributed by atoms with Crippen LogP contribution in [0.1, 0.15) is 22.3 Å². The lowest BCUT2D eigenvalue weighted by atomic mass is 9.67. The van der Waals surface area contributed by atoms with Gasteiger partial charge in [0.25, 0.3) is 0 Å². The molecule has 0 saturated carbocycles. The van der Waals surface area contributed by atoms with Crippen molar-refractivity contribution < 1.29 is 0 Å². The van der Waals surface area contributed by atoms with Crippen molar-refractivity contribution in [3.05, 3.63) is 216 Å². The quantitative estimate of drug-likeness (QED) is 0.179. The Hall–Kier alpha value is -6.59. The Kier molecular flexibility index (Phi) is 7.28. The fourth-order valence-corrected chi connectivity index (χ4v) is 11.6. The van der Waals surface area contributed by atoms with Crippen molar-refractivity contribution in [3.8, 4) is 56.2 Å². The fraction of sp³-hybridized carbons (Fsp3) is 0.0189. The Morgan fingerprint density at radius 1 is 0.351 bits per heavy atom. The van der Waals surface area contributed by atoms with Crippen LogP contribution in [-0.2, 0) is 5.41 Å². The number of fused-ring (bicyclic) bond motifs is 12. The topological polar surface area (TPSA) is 25.8 Å². The molecule has 0 fully saturated rings. The number of hydrogen-bond acceptors (Lipinski definition) is 4. The minimum absolute atomic E-state index is 0.447. The largest absolute Gasteiger partial charge is 0.228 e. The van der Waals surface area contributed by atoms with Gasteiger partial charge < -0.3 is 0 Å². The van der Waals surface area contributed by atoms with Crippen molar-refractivity contribution in [3.63, 3.8) is 0 Å². The molecule has 8 aromatic carbocycles. The molecule has 2 aromatic heterocycles. The number of aromatic nitrogens is 2. The summed E-state index contributed by atoms with van der Waals surface area (Å²) in [4.78, 5) is 13.3. The van der Waals surface area contributed by atoms with Crippen molar-refractivity contribution >= 4 is 43.3 Å². The highest BCUT2D eigenvalue weighted by Gasteiger charge is 2.50. The van der Waals surface area contributed by atoms with Gasteiger partial charge >= 0.3 is 0 Å². The van der Waals surface area contributed by atoms with Gasteiger partial charge in [-0.05, 0) is 80.9 Å². The van der Waals surface area contributed by atoms with Crippen LogP contribution in [0.5, 0.6) is 0 Å². The molecule has 1 spiro atoms. The van der Waals surface area contributed by atoms with Crippen LogP contribution in [0, 0.1) is 0 Å². The fourth-order valence-electron chi connectivity index (χ4n) is 9.31. The molecule has 3 heterocycles. The van der Waals surface area contributed by atoms with Gasteiger partial charge in [-0.1, -0.05) is 169 Å². The maximum absolute atomic E-state index is 5.38. The van der Waals surface area contributed by atoms with E-state index in [2.05, 4.69) is 194 Å². The minimum atomic E-state index is -0.447. The summed E-state index contributed by atoms with van der Waals surface area (Å²) in [5, 5.41) is 2.57. The molecule has 1 aliphatic carbocycles. The normalized spacial score (nSPS) is 13.3. The first kappa shape index (κ1) is 32.6. The number of hydrogen-bond donors (Lipinski definition) is 0. The van der Waals surface area contributed by atoms with Crippen molar-refractivity contribution in [2.45, 2.75) is 15.2 Å². The molecule has 0 unspecified atom stereocenters. The van der Waals surface area contributed by atoms with Gasteiger partial charge in [0.05, 0.1) is 16.8 Å². The summed E-state index contributed by atoms with van der Waals surface area (Å²) in [5.41, 5.74) is 14.7. The molecule has 0 N–H and O–H groups in total. The van der Waals surface area contributed by atoms with Gasteiger partial charge in [0.1, 0.15) is 0 Å². The van der Waals surface area contributed by atoms with Crippen molar-refractivity contribution in [2.75, 3.05) is 0 Å². The zero-order chi connectivity index (χ0) is 37.5. The van der Waals surface area contributed by atoms with Gasteiger partial charge in [-0.2, -0.15) is 0 Å². The third-order valence-corrected chi connectivity index (χ3v) is 14.1. The van der Waals surface area contributed by atoms with E-state index in [1.165, 1.54) is 63.3 Å². The molecular weight excluding hydrogens is 729 g/mol. The van der Waals surface area contributed by atoms with Crippen LogP contribution in [-0.4, -0.2) is 9.97 Å².